The van der Waals surface area contributed by atoms with Crippen LogP contribution in [0.25, 0.3) is 0 Å². The molecule has 0 N–H and O–H groups in total. The maximum absolute atomic E-state index is 12.4. The van der Waals surface area contributed by atoms with Gasteiger partial charge < -0.3 is 0 Å². The Labute approximate surface area is 70.4 Å². The average molecular weight is 190 g/mol. The van der Waals surface area contributed by atoms with Crippen LogP contribution < -0.4 is 0 Å². The van der Waals surface area contributed by atoms with Crippen molar-refractivity contribution < 1.29 is 17.6 Å². The van der Waals surface area contributed by atoms with Gasteiger partial charge in [-0.05, 0) is 6.07 Å². The standard InChI is InChI=1S/C7H2F4N2/c8-6-2-4(3-12)1-5(13-6)7(9,10)11/h1-2H. The lowest BCUT2D eigenvalue weighted by Crippen LogP contribution is -2.09. The minimum atomic E-state index is -4.73. The van der Waals surface area contributed by atoms with Gasteiger partial charge >= 0.3 is 6.18 Å². The van der Waals surface area contributed by atoms with Crippen LogP contribution in [0.3, 0.4) is 0 Å². The Morgan fingerprint density at radius 1 is 1.31 bits per heavy atom. The number of rotatable bonds is 0. The average Bonchev–Trinajstić information content (AvgIpc) is 2.01. The fraction of sp³-hybridized carbons (Fsp3) is 0.143. The maximum atomic E-state index is 12.4. The van der Waals surface area contributed by atoms with E-state index in [0.29, 0.717) is 12.1 Å². The number of nitriles is 1. The molecule has 0 bridgehead atoms. The molecular formula is C7H2F4N2. The Kier molecular flexibility index (Phi) is 2.19. The molecule has 0 spiro atoms. The number of aromatic nitrogens is 1. The summed E-state index contributed by atoms with van der Waals surface area (Å²) in [4.78, 5) is 2.61. The van der Waals surface area contributed by atoms with Crippen LogP contribution in [0.1, 0.15) is 11.3 Å². The smallest absolute Gasteiger partial charge is 0.215 e. The van der Waals surface area contributed by atoms with E-state index in [1.165, 1.54) is 6.07 Å². The van der Waals surface area contributed by atoms with Crippen molar-refractivity contribution in [3.05, 3.63) is 29.3 Å². The molecular weight excluding hydrogens is 188 g/mol. The van der Waals surface area contributed by atoms with Crippen LogP contribution >= 0.6 is 0 Å². The zero-order valence-corrected chi connectivity index (χ0v) is 6.06. The van der Waals surface area contributed by atoms with Gasteiger partial charge in [0.2, 0.25) is 5.95 Å². The Morgan fingerprint density at radius 3 is 2.38 bits per heavy atom. The van der Waals surface area contributed by atoms with Gasteiger partial charge in [0.05, 0.1) is 11.6 Å². The highest BCUT2D eigenvalue weighted by Crippen LogP contribution is 2.28. The Morgan fingerprint density at radius 2 is 1.92 bits per heavy atom. The molecule has 0 fully saturated rings. The third kappa shape index (κ3) is 2.15. The summed E-state index contributed by atoms with van der Waals surface area (Å²) in [7, 11) is 0. The first kappa shape index (κ1) is 9.45. The molecule has 2 nitrogen and oxygen atoms in total. The van der Waals surface area contributed by atoms with Crippen molar-refractivity contribution in [2.45, 2.75) is 6.18 Å². The summed E-state index contributed by atoms with van der Waals surface area (Å²) in [6.45, 7) is 0. The largest absolute Gasteiger partial charge is 0.433 e. The van der Waals surface area contributed by atoms with E-state index in [2.05, 4.69) is 4.98 Å². The highest BCUT2D eigenvalue weighted by atomic mass is 19.4. The third-order valence-corrected chi connectivity index (χ3v) is 1.21. The van der Waals surface area contributed by atoms with Crippen LogP contribution in [-0.2, 0) is 6.18 Å². The van der Waals surface area contributed by atoms with E-state index in [-0.39, 0.29) is 0 Å². The molecule has 13 heavy (non-hydrogen) atoms. The molecule has 0 unspecified atom stereocenters. The number of halogens is 4. The van der Waals surface area contributed by atoms with Crippen LogP contribution in [0.4, 0.5) is 17.6 Å². The second kappa shape index (κ2) is 3.01. The first-order valence-electron chi connectivity index (χ1n) is 3.08. The van der Waals surface area contributed by atoms with E-state index in [0.717, 1.165) is 0 Å². The molecule has 0 saturated heterocycles. The van der Waals surface area contributed by atoms with E-state index < -0.39 is 23.4 Å². The minimum Gasteiger partial charge on any atom is -0.215 e. The highest BCUT2D eigenvalue weighted by Gasteiger charge is 2.33. The molecule has 0 aromatic carbocycles. The number of nitrogens with zero attached hydrogens (tertiary/aromatic N) is 2. The number of hydrogen-bond donors (Lipinski definition) is 0. The summed E-state index contributed by atoms with van der Waals surface area (Å²) in [5.74, 6) is -1.31. The molecule has 1 aromatic rings. The Hall–Kier alpha value is -1.64. The van der Waals surface area contributed by atoms with Crippen molar-refractivity contribution in [2.24, 2.45) is 0 Å². The van der Waals surface area contributed by atoms with Gasteiger partial charge in [-0.1, -0.05) is 0 Å². The summed E-state index contributed by atoms with van der Waals surface area (Å²) >= 11 is 0. The van der Waals surface area contributed by atoms with Crippen molar-refractivity contribution in [2.75, 3.05) is 0 Å². The van der Waals surface area contributed by atoms with E-state index in [1.54, 1.807) is 0 Å². The first-order valence-corrected chi connectivity index (χ1v) is 3.08. The minimum absolute atomic E-state index is 0.403. The van der Waals surface area contributed by atoms with Gasteiger partial charge in [0.1, 0.15) is 5.69 Å². The summed E-state index contributed by atoms with van der Waals surface area (Å²) in [5, 5.41) is 8.24. The molecule has 6 heteroatoms. The monoisotopic (exact) mass is 190 g/mol. The Balaban J connectivity index is 3.26. The SMILES string of the molecule is N#Cc1cc(F)nc(C(F)(F)F)c1. The van der Waals surface area contributed by atoms with Gasteiger partial charge in [0.25, 0.3) is 0 Å². The van der Waals surface area contributed by atoms with Crippen LogP contribution in [0.2, 0.25) is 0 Å². The molecule has 0 atom stereocenters. The number of hydrogen-bond acceptors (Lipinski definition) is 2. The summed E-state index contributed by atoms with van der Waals surface area (Å²) in [6, 6.07) is 2.52. The summed E-state index contributed by atoms with van der Waals surface area (Å²) in [5.41, 5.74) is -1.80. The van der Waals surface area contributed by atoms with Crippen molar-refractivity contribution in [1.82, 2.24) is 4.98 Å². The van der Waals surface area contributed by atoms with Crippen LogP contribution in [-0.4, -0.2) is 4.98 Å². The lowest BCUT2D eigenvalue weighted by molar-refractivity contribution is -0.141. The van der Waals surface area contributed by atoms with E-state index in [1.807, 2.05) is 0 Å². The molecule has 1 aromatic heterocycles. The van der Waals surface area contributed by atoms with E-state index in [9.17, 15) is 17.6 Å². The highest BCUT2D eigenvalue weighted by molar-refractivity contribution is 5.30. The molecule has 1 heterocycles. The van der Waals surface area contributed by atoms with Crippen LogP contribution in [0.15, 0.2) is 12.1 Å². The summed E-state index contributed by atoms with van der Waals surface area (Å²) in [6.07, 6.45) is -4.73. The van der Waals surface area contributed by atoms with Crippen molar-refractivity contribution in [1.29, 1.82) is 5.26 Å². The van der Waals surface area contributed by atoms with E-state index >= 15 is 0 Å². The molecule has 68 valence electrons. The molecule has 1 rings (SSSR count). The molecule has 0 aliphatic rings. The van der Waals surface area contributed by atoms with Crippen molar-refractivity contribution in [3.63, 3.8) is 0 Å². The zero-order valence-electron chi connectivity index (χ0n) is 6.06. The predicted octanol–water partition coefficient (Wildman–Crippen LogP) is 2.11. The predicted molar refractivity (Wildman–Crippen MR) is 33.9 cm³/mol. The zero-order chi connectivity index (χ0) is 10.1. The van der Waals surface area contributed by atoms with Crippen molar-refractivity contribution >= 4 is 0 Å². The molecule has 0 aliphatic heterocycles. The lowest BCUT2D eigenvalue weighted by atomic mass is 10.2. The second-order valence-corrected chi connectivity index (χ2v) is 2.17. The van der Waals surface area contributed by atoms with Gasteiger partial charge in [-0.25, -0.2) is 4.98 Å². The van der Waals surface area contributed by atoms with Gasteiger partial charge in [0.15, 0.2) is 0 Å². The fourth-order valence-corrected chi connectivity index (χ4v) is 0.707. The number of pyridine rings is 1. The molecule has 0 amide bonds. The quantitative estimate of drug-likeness (QED) is 0.464. The topological polar surface area (TPSA) is 36.7 Å². The first-order chi connectivity index (χ1) is 5.93. The number of alkyl halides is 3. The van der Waals surface area contributed by atoms with Gasteiger partial charge in [-0.3, -0.25) is 0 Å². The maximum Gasteiger partial charge on any atom is 0.433 e. The fourth-order valence-electron chi connectivity index (χ4n) is 0.707. The molecule has 0 saturated carbocycles. The van der Waals surface area contributed by atoms with Gasteiger partial charge in [-0.2, -0.15) is 22.8 Å². The van der Waals surface area contributed by atoms with Crippen molar-refractivity contribution in [3.8, 4) is 6.07 Å². The summed E-state index contributed by atoms with van der Waals surface area (Å²) < 4.78 is 48.2. The normalized spacial score (nSPS) is 11.0. The van der Waals surface area contributed by atoms with Gasteiger partial charge in [0, 0.05) is 6.07 Å². The molecule has 0 aliphatic carbocycles. The van der Waals surface area contributed by atoms with E-state index in [4.69, 9.17) is 5.26 Å². The molecule has 0 radical (unpaired) electrons. The third-order valence-electron chi connectivity index (χ3n) is 1.21. The Bertz CT molecular complexity index is 364. The second-order valence-electron chi connectivity index (χ2n) is 2.17. The van der Waals surface area contributed by atoms with Crippen LogP contribution in [0, 0.1) is 17.3 Å². The van der Waals surface area contributed by atoms with Crippen LogP contribution in [0.5, 0.6) is 0 Å². The lowest BCUT2D eigenvalue weighted by Gasteiger charge is -2.04. The van der Waals surface area contributed by atoms with Gasteiger partial charge in [-0.15, -0.1) is 0 Å².